The molecule has 8 heteroatoms. The molecule has 2 saturated heterocycles. The first kappa shape index (κ1) is 30.2. The van der Waals surface area contributed by atoms with E-state index < -0.39 is 6.29 Å². The number of amides is 2. The van der Waals surface area contributed by atoms with Gasteiger partial charge in [-0.25, -0.2) is 5.48 Å². The molecule has 2 aliphatic heterocycles. The Morgan fingerprint density at radius 3 is 2.10 bits per heavy atom. The zero-order valence-corrected chi connectivity index (χ0v) is 23.6. The standard InChI is InChI=1S/C32H45N3O5/c36-30(15-9-2-3-10-16-31(37)34-38)33-27-19-17-26(18-20-27)32-39-28(24-35-21-11-4-1-5-12-22-35)23-29(40-32)25-13-7-6-8-14-25/h6-8,13-14,17-20,28-29,32,38H,1-5,9-12,15-16,21-24H2,(H,33,36)(H,34,37). The van der Waals surface area contributed by atoms with Gasteiger partial charge in [0.1, 0.15) is 0 Å². The van der Waals surface area contributed by atoms with Crippen molar-refractivity contribution in [1.29, 1.82) is 0 Å². The zero-order valence-electron chi connectivity index (χ0n) is 23.6. The molecule has 2 heterocycles. The van der Waals surface area contributed by atoms with Gasteiger partial charge in [-0.15, -0.1) is 0 Å². The lowest BCUT2D eigenvalue weighted by molar-refractivity contribution is -0.253. The summed E-state index contributed by atoms with van der Waals surface area (Å²) in [5.74, 6) is -0.396. The molecule has 0 spiro atoms. The monoisotopic (exact) mass is 551 g/mol. The molecule has 0 saturated carbocycles. The van der Waals surface area contributed by atoms with Gasteiger partial charge in [-0.1, -0.05) is 74.6 Å². The van der Waals surface area contributed by atoms with Crippen LogP contribution in [-0.2, 0) is 19.1 Å². The SMILES string of the molecule is O=C(CCCCCCC(=O)Nc1ccc(C2OC(CN3CCCCCCC3)CC(c3ccccc3)O2)cc1)NO. The lowest BCUT2D eigenvalue weighted by Gasteiger charge is -2.38. The molecule has 0 radical (unpaired) electrons. The van der Waals surface area contributed by atoms with Crippen molar-refractivity contribution in [2.24, 2.45) is 0 Å². The molecule has 2 fully saturated rings. The highest BCUT2D eigenvalue weighted by atomic mass is 16.7. The number of ether oxygens (including phenoxy) is 2. The van der Waals surface area contributed by atoms with E-state index in [4.69, 9.17) is 14.7 Å². The van der Waals surface area contributed by atoms with Gasteiger partial charge in [0.05, 0.1) is 12.2 Å². The lowest BCUT2D eigenvalue weighted by atomic mass is 10.0. The van der Waals surface area contributed by atoms with Crippen molar-refractivity contribution in [2.75, 3.05) is 25.0 Å². The molecule has 218 valence electrons. The van der Waals surface area contributed by atoms with Crippen LogP contribution in [0.3, 0.4) is 0 Å². The Bertz CT molecular complexity index is 1020. The number of hydroxylamine groups is 1. The van der Waals surface area contributed by atoms with E-state index in [2.05, 4.69) is 34.5 Å². The summed E-state index contributed by atoms with van der Waals surface area (Å²) in [6, 6.07) is 18.2. The van der Waals surface area contributed by atoms with Crippen molar-refractivity contribution in [3.63, 3.8) is 0 Å². The molecular weight excluding hydrogens is 506 g/mol. The van der Waals surface area contributed by atoms with Crippen LogP contribution in [0, 0.1) is 0 Å². The third kappa shape index (κ3) is 10.0. The van der Waals surface area contributed by atoms with E-state index in [1.54, 1.807) is 5.48 Å². The molecule has 2 aromatic rings. The Morgan fingerprint density at radius 1 is 0.775 bits per heavy atom. The van der Waals surface area contributed by atoms with E-state index in [1.807, 2.05) is 30.3 Å². The van der Waals surface area contributed by atoms with Gasteiger partial charge in [0, 0.05) is 37.1 Å². The van der Waals surface area contributed by atoms with Gasteiger partial charge in [0.2, 0.25) is 11.8 Å². The topological polar surface area (TPSA) is 100 Å². The maximum absolute atomic E-state index is 12.4. The summed E-state index contributed by atoms with van der Waals surface area (Å²) in [4.78, 5) is 26.0. The van der Waals surface area contributed by atoms with E-state index in [-0.39, 0.29) is 24.0 Å². The van der Waals surface area contributed by atoms with Crippen LogP contribution in [0.15, 0.2) is 54.6 Å². The van der Waals surface area contributed by atoms with E-state index in [0.717, 1.165) is 56.6 Å². The van der Waals surface area contributed by atoms with Crippen molar-refractivity contribution in [2.45, 2.75) is 95.5 Å². The van der Waals surface area contributed by atoms with Gasteiger partial charge in [-0.05, 0) is 56.5 Å². The normalized spacial score (nSPS) is 22.2. The quantitative estimate of drug-likeness (QED) is 0.163. The summed E-state index contributed by atoms with van der Waals surface area (Å²) in [5.41, 5.74) is 4.51. The fraction of sp³-hybridized carbons (Fsp3) is 0.562. The smallest absolute Gasteiger partial charge is 0.243 e. The third-order valence-electron chi connectivity index (χ3n) is 7.81. The molecule has 4 rings (SSSR count). The van der Waals surface area contributed by atoms with Crippen LogP contribution in [-0.4, -0.2) is 47.7 Å². The molecule has 0 bridgehead atoms. The number of nitrogens with zero attached hydrogens (tertiary/aromatic N) is 1. The van der Waals surface area contributed by atoms with Crippen LogP contribution in [0.25, 0.3) is 0 Å². The largest absolute Gasteiger partial charge is 0.344 e. The predicted molar refractivity (Wildman–Crippen MR) is 155 cm³/mol. The highest BCUT2D eigenvalue weighted by Crippen LogP contribution is 2.38. The van der Waals surface area contributed by atoms with Gasteiger partial charge < -0.3 is 19.7 Å². The number of carbonyl (C=O) groups is 2. The van der Waals surface area contributed by atoms with Gasteiger partial charge in [-0.2, -0.15) is 0 Å². The molecule has 8 nitrogen and oxygen atoms in total. The Hall–Kier alpha value is -2.78. The summed E-state index contributed by atoms with van der Waals surface area (Å²) in [6.07, 6.45) is 10.8. The minimum Gasteiger partial charge on any atom is -0.344 e. The fourth-order valence-electron chi connectivity index (χ4n) is 5.57. The average molecular weight is 552 g/mol. The average Bonchev–Trinajstić information content (AvgIpc) is 2.96. The second kappa shape index (κ2) is 16.5. The van der Waals surface area contributed by atoms with E-state index >= 15 is 0 Å². The lowest BCUT2D eigenvalue weighted by Crippen LogP contribution is -2.40. The number of rotatable bonds is 12. The molecule has 3 unspecified atom stereocenters. The maximum Gasteiger partial charge on any atom is 0.243 e. The van der Waals surface area contributed by atoms with E-state index in [1.165, 1.54) is 37.7 Å². The van der Waals surface area contributed by atoms with Gasteiger partial charge in [0.25, 0.3) is 0 Å². The van der Waals surface area contributed by atoms with Crippen molar-refractivity contribution < 1.29 is 24.3 Å². The summed E-state index contributed by atoms with van der Waals surface area (Å²) < 4.78 is 13.0. The highest BCUT2D eigenvalue weighted by Gasteiger charge is 2.33. The first-order chi connectivity index (χ1) is 19.6. The van der Waals surface area contributed by atoms with Crippen LogP contribution in [0.4, 0.5) is 5.69 Å². The molecule has 3 N–H and O–H groups in total. The molecular formula is C32H45N3O5. The first-order valence-electron chi connectivity index (χ1n) is 15.0. The van der Waals surface area contributed by atoms with Crippen molar-refractivity contribution in [1.82, 2.24) is 10.4 Å². The summed E-state index contributed by atoms with van der Waals surface area (Å²) in [7, 11) is 0. The van der Waals surface area contributed by atoms with Gasteiger partial charge in [0.15, 0.2) is 6.29 Å². The molecule has 2 amide bonds. The molecule has 40 heavy (non-hydrogen) atoms. The second-order valence-electron chi connectivity index (χ2n) is 11.0. The third-order valence-corrected chi connectivity index (χ3v) is 7.81. The fourth-order valence-corrected chi connectivity index (χ4v) is 5.57. The number of anilines is 1. The van der Waals surface area contributed by atoms with Crippen LogP contribution < -0.4 is 10.8 Å². The van der Waals surface area contributed by atoms with Crippen LogP contribution >= 0.6 is 0 Å². The molecule has 2 aromatic carbocycles. The van der Waals surface area contributed by atoms with Crippen LogP contribution in [0.2, 0.25) is 0 Å². The summed E-state index contributed by atoms with van der Waals surface area (Å²) >= 11 is 0. The Balaban J connectivity index is 1.31. The summed E-state index contributed by atoms with van der Waals surface area (Å²) in [6.45, 7) is 3.19. The number of unbranched alkanes of at least 4 members (excludes halogenated alkanes) is 3. The van der Waals surface area contributed by atoms with E-state index in [9.17, 15) is 9.59 Å². The molecule has 2 aliphatic rings. The molecule has 3 atom stereocenters. The number of nitrogens with one attached hydrogen (secondary N) is 2. The maximum atomic E-state index is 12.4. The number of hydrogen-bond acceptors (Lipinski definition) is 6. The minimum atomic E-state index is -0.462. The number of likely N-dealkylation sites (tertiary alicyclic amines) is 1. The molecule has 0 aliphatic carbocycles. The van der Waals surface area contributed by atoms with Crippen molar-refractivity contribution in [3.8, 4) is 0 Å². The van der Waals surface area contributed by atoms with Gasteiger partial charge in [-0.3, -0.25) is 14.8 Å². The van der Waals surface area contributed by atoms with Gasteiger partial charge >= 0.3 is 0 Å². The van der Waals surface area contributed by atoms with Crippen molar-refractivity contribution >= 4 is 17.5 Å². The Labute approximate surface area is 238 Å². The Morgan fingerprint density at radius 2 is 1.43 bits per heavy atom. The van der Waals surface area contributed by atoms with Crippen molar-refractivity contribution in [3.05, 3.63) is 65.7 Å². The van der Waals surface area contributed by atoms with Crippen LogP contribution in [0.5, 0.6) is 0 Å². The number of benzene rings is 2. The second-order valence-corrected chi connectivity index (χ2v) is 11.0. The number of carbonyl (C=O) groups excluding carboxylic acids is 2. The van der Waals surface area contributed by atoms with Crippen LogP contribution in [0.1, 0.15) is 101 Å². The predicted octanol–water partition coefficient (Wildman–Crippen LogP) is 6.28. The Kier molecular flexibility index (Phi) is 12.4. The minimum absolute atomic E-state index is 0.0246. The molecule has 0 aromatic heterocycles. The highest BCUT2D eigenvalue weighted by molar-refractivity contribution is 5.90. The van der Waals surface area contributed by atoms with E-state index in [0.29, 0.717) is 19.3 Å². The summed E-state index contributed by atoms with van der Waals surface area (Å²) in [5, 5.41) is 11.5. The number of hydrogen-bond donors (Lipinski definition) is 3. The first-order valence-corrected chi connectivity index (χ1v) is 15.0. The zero-order chi connectivity index (χ0) is 28.0.